The number of carbonyl (C=O) groups is 1. The van der Waals surface area contributed by atoms with Crippen LogP contribution in [-0.2, 0) is 34.0 Å². The average molecular weight is 564 g/mol. The summed E-state index contributed by atoms with van der Waals surface area (Å²) in [7, 11) is 1.65. The van der Waals surface area contributed by atoms with Crippen LogP contribution in [0.25, 0.3) is 11.0 Å². The molecule has 1 atom stereocenters. The monoisotopic (exact) mass is 563 g/mol. The van der Waals surface area contributed by atoms with Crippen LogP contribution in [0.3, 0.4) is 0 Å². The average Bonchev–Trinajstić information content (AvgIpc) is 3.39. The lowest BCUT2D eigenvalue weighted by Crippen LogP contribution is -2.14. The standard InChI is InChI=1S/C32H38FN3O5/c1-5-41-31(38)18-28(24-16-25(19-37)21(2)29(33)17-24)27-12-13-30-32(22(27)3)34-35-36(30)14-6-7-15-40-20-23-8-10-26(39-4)11-9-23/h8-13,16-17,28,37H,5-7,14-15,18-20H2,1-4H3. The lowest BCUT2D eigenvalue weighted by atomic mass is 9.84. The zero-order valence-electron chi connectivity index (χ0n) is 24.2. The largest absolute Gasteiger partial charge is 0.497 e. The molecule has 41 heavy (non-hydrogen) atoms. The summed E-state index contributed by atoms with van der Waals surface area (Å²) in [5.41, 5.74) is 5.94. The van der Waals surface area contributed by atoms with Gasteiger partial charge in [-0.3, -0.25) is 4.79 Å². The SMILES string of the molecule is CCOC(=O)CC(c1cc(F)c(C)c(CO)c1)c1ccc2c(nnn2CCCCOCc2ccc(OC)cc2)c1C. The zero-order valence-corrected chi connectivity index (χ0v) is 24.2. The van der Waals surface area contributed by atoms with Gasteiger partial charge in [-0.1, -0.05) is 29.5 Å². The summed E-state index contributed by atoms with van der Waals surface area (Å²) < 4.78 is 32.9. The first-order valence-electron chi connectivity index (χ1n) is 13.9. The number of hydrogen-bond donors (Lipinski definition) is 1. The summed E-state index contributed by atoms with van der Waals surface area (Å²) in [6.07, 6.45) is 1.79. The van der Waals surface area contributed by atoms with Crippen molar-refractivity contribution in [1.29, 1.82) is 0 Å². The van der Waals surface area contributed by atoms with Gasteiger partial charge in [-0.25, -0.2) is 9.07 Å². The predicted molar refractivity (Wildman–Crippen MR) is 154 cm³/mol. The van der Waals surface area contributed by atoms with E-state index in [0.717, 1.165) is 46.3 Å². The maximum Gasteiger partial charge on any atom is 0.306 e. The highest BCUT2D eigenvalue weighted by molar-refractivity contribution is 5.80. The third kappa shape index (κ3) is 7.28. The molecule has 0 fully saturated rings. The van der Waals surface area contributed by atoms with E-state index in [9.17, 15) is 14.3 Å². The van der Waals surface area contributed by atoms with E-state index < -0.39 is 11.7 Å². The molecule has 1 unspecified atom stereocenters. The van der Waals surface area contributed by atoms with Crippen molar-refractivity contribution in [3.63, 3.8) is 0 Å². The van der Waals surface area contributed by atoms with Crippen molar-refractivity contribution < 1.29 is 28.5 Å². The van der Waals surface area contributed by atoms with Gasteiger partial charge >= 0.3 is 5.97 Å². The Bertz CT molecular complexity index is 1470. The minimum Gasteiger partial charge on any atom is -0.497 e. The number of aromatic nitrogens is 3. The Hall–Kier alpha value is -3.82. The number of halogens is 1. The molecule has 0 aliphatic rings. The molecule has 8 nitrogen and oxygen atoms in total. The van der Waals surface area contributed by atoms with Gasteiger partial charge in [0.15, 0.2) is 0 Å². The molecule has 0 aliphatic carbocycles. The molecular weight excluding hydrogens is 525 g/mol. The summed E-state index contributed by atoms with van der Waals surface area (Å²) >= 11 is 0. The lowest BCUT2D eigenvalue weighted by molar-refractivity contribution is -0.143. The number of esters is 1. The molecule has 9 heteroatoms. The molecule has 1 heterocycles. The quantitative estimate of drug-likeness (QED) is 0.154. The number of methoxy groups -OCH3 is 1. The van der Waals surface area contributed by atoms with Gasteiger partial charge in [0.05, 0.1) is 38.9 Å². The first kappa shape index (κ1) is 30.1. The highest BCUT2D eigenvalue weighted by atomic mass is 19.1. The van der Waals surface area contributed by atoms with Crippen molar-refractivity contribution >= 4 is 17.0 Å². The molecule has 0 amide bonds. The maximum absolute atomic E-state index is 14.8. The van der Waals surface area contributed by atoms with Gasteiger partial charge in [-0.2, -0.15) is 0 Å². The number of aryl methyl sites for hydroxylation is 2. The molecule has 0 bridgehead atoms. The van der Waals surface area contributed by atoms with Crippen molar-refractivity contribution in [2.45, 2.75) is 65.7 Å². The van der Waals surface area contributed by atoms with Gasteiger partial charge < -0.3 is 19.3 Å². The fourth-order valence-electron chi connectivity index (χ4n) is 5.02. The third-order valence-electron chi connectivity index (χ3n) is 7.42. The van der Waals surface area contributed by atoms with Crippen molar-refractivity contribution in [2.24, 2.45) is 0 Å². The molecule has 0 radical (unpaired) electrons. The van der Waals surface area contributed by atoms with Crippen LogP contribution in [0.15, 0.2) is 48.5 Å². The number of benzene rings is 3. The van der Waals surface area contributed by atoms with Crippen LogP contribution >= 0.6 is 0 Å². The fraction of sp³-hybridized carbons (Fsp3) is 0.406. The highest BCUT2D eigenvalue weighted by Gasteiger charge is 2.24. The number of nitrogens with zero attached hydrogens (tertiary/aromatic N) is 3. The van der Waals surface area contributed by atoms with Crippen LogP contribution in [0, 0.1) is 19.7 Å². The van der Waals surface area contributed by atoms with E-state index in [2.05, 4.69) is 10.3 Å². The number of aliphatic hydroxyl groups is 1. The minimum atomic E-state index is -0.466. The number of rotatable bonds is 14. The second-order valence-corrected chi connectivity index (χ2v) is 10.1. The Balaban J connectivity index is 1.46. The molecule has 0 aliphatic heterocycles. The second kappa shape index (κ2) is 14.2. The Morgan fingerprint density at radius 3 is 2.56 bits per heavy atom. The molecule has 218 valence electrons. The lowest BCUT2D eigenvalue weighted by Gasteiger charge is -2.21. The van der Waals surface area contributed by atoms with Gasteiger partial charge in [0, 0.05) is 19.1 Å². The van der Waals surface area contributed by atoms with E-state index in [4.69, 9.17) is 14.2 Å². The molecule has 4 rings (SSSR count). The molecule has 0 saturated carbocycles. The number of ether oxygens (including phenoxy) is 3. The minimum absolute atomic E-state index is 0.0399. The maximum atomic E-state index is 14.8. The van der Waals surface area contributed by atoms with Gasteiger partial charge in [0.1, 0.15) is 17.1 Å². The summed E-state index contributed by atoms with van der Waals surface area (Å²) in [5.74, 6) is -0.433. The van der Waals surface area contributed by atoms with E-state index in [0.29, 0.717) is 36.4 Å². The van der Waals surface area contributed by atoms with E-state index in [1.807, 2.05) is 48.0 Å². The number of fused-ring (bicyclic) bond motifs is 1. The van der Waals surface area contributed by atoms with E-state index in [-0.39, 0.29) is 25.6 Å². The number of aliphatic hydroxyl groups excluding tert-OH is 1. The number of carbonyl (C=O) groups excluding carboxylic acids is 1. The van der Waals surface area contributed by atoms with E-state index in [1.54, 1.807) is 27.0 Å². The van der Waals surface area contributed by atoms with Crippen molar-refractivity contribution in [3.05, 3.63) is 87.7 Å². The number of hydrogen-bond acceptors (Lipinski definition) is 7. The van der Waals surface area contributed by atoms with Gasteiger partial charge in [0.2, 0.25) is 0 Å². The third-order valence-corrected chi connectivity index (χ3v) is 7.42. The zero-order chi connectivity index (χ0) is 29.4. The Morgan fingerprint density at radius 2 is 1.85 bits per heavy atom. The molecule has 3 aromatic carbocycles. The summed E-state index contributed by atoms with van der Waals surface area (Å²) in [6, 6.07) is 14.9. The van der Waals surface area contributed by atoms with Crippen LogP contribution in [0.4, 0.5) is 4.39 Å². The first-order chi connectivity index (χ1) is 19.9. The highest BCUT2D eigenvalue weighted by Crippen LogP contribution is 2.35. The van der Waals surface area contributed by atoms with Crippen LogP contribution in [0.1, 0.15) is 65.5 Å². The summed E-state index contributed by atoms with van der Waals surface area (Å²) in [4.78, 5) is 12.6. The van der Waals surface area contributed by atoms with Crippen LogP contribution < -0.4 is 4.74 Å². The molecule has 1 N–H and O–H groups in total. The van der Waals surface area contributed by atoms with Crippen molar-refractivity contribution in [2.75, 3.05) is 20.3 Å². The van der Waals surface area contributed by atoms with Gasteiger partial charge in [-0.05, 0) is 91.3 Å². The molecule has 0 spiro atoms. The Morgan fingerprint density at radius 1 is 1.07 bits per heavy atom. The van der Waals surface area contributed by atoms with Crippen molar-refractivity contribution in [3.8, 4) is 5.75 Å². The Kier molecular flexibility index (Phi) is 10.4. The normalized spacial score (nSPS) is 12.0. The van der Waals surface area contributed by atoms with Crippen LogP contribution in [-0.4, -0.2) is 46.4 Å². The summed E-state index contributed by atoms with van der Waals surface area (Å²) in [6.45, 7) is 7.18. The predicted octanol–water partition coefficient (Wildman–Crippen LogP) is 5.77. The van der Waals surface area contributed by atoms with E-state index in [1.165, 1.54) is 6.07 Å². The number of unbranched alkanes of at least 4 members (excludes halogenated alkanes) is 1. The molecule has 1 aromatic heterocycles. The van der Waals surface area contributed by atoms with Crippen LogP contribution in [0.5, 0.6) is 5.75 Å². The first-order valence-corrected chi connectivity index (χ1v) is 13.9. The Labute approximate surface area is 240 Å². The molecular formula is C32H38FN3O5. The smallest absolute Gasteiger partial charge is 0.306 e. The summed E-state index contributed by atoms with van der Waals surface area (Å²) in [5, 5.41) is 18.6. The molecule has 4 aromatic rings. The van der Waals surface area contributed by atoms with E-state index >= 15 is 0 Å². The van der Waals surface area contributed by atoms with Crippen molar-refractivity contribution in [1.82, 2.24) is 15.0 Å². The second-order valence-electron chi connectivity index (χ2n) is 10.1. The fourth-order valence-corrected chi connectivity index (χ4v) is 5.02. The van der Waals surface area contributed by atoms with Gasteiger partial charge in [-0.15, -0.1) is 5.10 Å². The van der Waals surface area contributed by atoms with Crippen LogP contribution in [0.2, 0.25) is 0 Å². The molecule has 0 saturated heterocycles. The topological polar surface area (TPSA) is 95.7 Å². The van der Waals surface area contributed by atoms with Gasteiger partial charge in [0.25, 0.3) is 0 Å².